The van der Waals surface area contributed by atoms with E-state index in [2.05, 4.69) is 55.0 Å². The Morgan fingerprint density at radius 2 is 2.03 bits per heavy atom. The van der Waals surface area contributed by atoms with Crippen molar-refractivity contribution in [3.05, 3.63) is 76.7 Å². The summed E-state index contributed by atoms with van der Waals surface area (Å²) in [4.78, 5) is 33.8. The van der Waals surface area contributed by atoms with E-state index >= 15 is 0 Å². The minimum Gasteiger partial charge on any atom is -0.348 e. The molecule has 10 heteroatoms. The van der Waals surface area contributed by atoms with E-state index in [4.69, 9.17) is 0 Å². The SMILES string of the molecule is C=CCNC(=O)c1cnc(Nc2cccc(C3CCNCC3)c2)nc1Nc1ccc(=O)n(C(C)C)n1. The van der Waals surface area contributed by atoms with Gasteiger partial charge in [-0.3, -0.25) is 9.59 Å². The third-order valence-corrected chi connectivity index (χ3v) is 5.95. The van der Waals surface area contributed by atoms with Crippen LogP contribution in [-0.4, -0.2) is 45.3 Å². The van der Waals surface area contributed by atoms with E-state index in [1.807, 2.05) is 26.0 Å². The summed E-state index contributed by atoms with van der Waals surface area (Å²) in [6.07, 6.45) is 5.27. The summed E-state index contributed by atoms with van der Waals surface area (Å²) in [5.74, 6) is 1.15. The zero-order valence-corrected chi connectivity index (χ0v) is 20.6. The normalized spacial score (nSPS) is 13.9. The second-order valence-electron chi connectivity index (χ2n) is 8.95. The van der Waals surface area contributed by atoms with E-state index in [9.17, 15) is 9.59 Å². The lowest BCUT2D eigenvalue weighted by Gasteiger charge is -2.23. The van der Waals surface area contributed by atoms with Gasteiger partial charge in [-0.05, 0) is 69.5 Å². The maximum absolute atomic E-state index is 12.8. The zero-order chi connectivity index (χ0) is 25.5. The maximum Gasteiger partial charge on any atom is 0.267 e. The molecule has 10 nitrogen and oxygen atoms in total. The third-order valence-electron chi connectivity index (χ3n) is 5.95. The Hall–Kier alpha value is -4.05. The van der Waals surface area contributed by atoms with Crippen molar-refractivity contribution in [1.29, 1.82) is 0 Å². The summed E-state index contributed by atoms with van der Waals surface area (Å²) < 4.78 is 1.37. The zero-order valence-electron chi connectivity index (χ0n) is 20.6. The molecule has 1 amide bonds. The number of amides is 1. The molecule has 0 saturated carbocycles. The lowest BCUT2D eigenvalue weighted by Crippen LogP contribution is -2.26. The summed E-state index contributed by atoms with van der Waals surface area (Å²) >= 11 is 0. The number of hydrogen-bond acceptors (Lipinski definition) is 8. The fourth-order valence-corrected chi connectivity index (χ4v) is 4.10. The number of nitrogens with zero attached hydrogens (tertiary/aromatic N) is 4. The van der Waals surface area contributed by atoms with Gasteiger partial charge in [0, 0.05) is 24.5 Å². The number of hydrogen-bond donors (Lipinski definition) is 4. The molecule has 0 atom stereocenters. The van der Waals surface area contributed by atoms with Crippen LogP contribution in [0, 0.1) is 0 Å². The van der Waals surface area contributed by atoms with E-state index < -0.39 is 0 Å². The Bertz CT molecular complexity index is 1280. The van der Waals surface area contributed by atoms with Crippen molar-refractivity contribution < 1.29 is 4.79 Å². The highest BCUT2D eigenvalue weighted by molar-refractivity contribution is 5.99. The molecule has 1 fully saturated rings. The van der Waals surface area contributed by atoms with Gasteiger partial charge >= 0.3 is 0 Å². The van der Waals surface area contributed by atoms with Gasteiger partial charge in [-0.1, -0.05) is 18.2 Å². The van der Waals surface area contributed by atoms with Gasteiger partial charge < -0.3 is 21.3 Å². The molecule has 0 aliphatic carbocycles. The highest BCUT2D eigenvalue weighted by Gasteiger charge is 2.18. The Morgan fingerprint density at radius 3 is 2.78 bits per heavy atom. The third kappa shape index (κ3) is 6.14. The Morgan fingerprint density at radius 1 is 1.22 bits per heavy atom. The predicted molar refractivity (Wildman–Crippen MR) is 141 cm³/mol. The highest BCUT2D eigenvalue weighted by atomic mass is 16.1. The number of aromatic nitrogens is 4. The summed E-state index contributed by atoms with van der Waals surface area (Å²) in [6, 6.07) is 11.1. The van der Waals surface area contributed by atoms with Gasteiger partial charge in [-0.15, -0.1) is 6.58 Å². The number of carbonyl (C=O) groups is 1. The molecule has 1 aliphatic rings. The summed E-state index contributed by atoms with van der Waals surface area (Å²) in [5.41, 5.74) is 2.18. The van der Waals surface area contributed by atoms with Crippen molar-refractivity contribution >= 4 is 29.2 Å². The summed E-state index contributed by atoms with van der Waals surface area (Å²) in [7, 11) is 0. The Balaban J connectivity index is 1.63. The van der Waals surface area contributed by atoms with Crippen LogP contribution in [0.1, 0.15) is 54.6 Å². The molecule has 0 spiro atoms. The van der Waals surface area contributed by atoms with Crippen molar-refractivity contribution in [3.8, 4) is 0 Å². The molecular formula is C26H32N8O2. The first-order valence-corrected chi connectivity index (χ1v) is 12.2. The second kappa shape index (κ2) is 11.6. The van der Waals surface area contributed by atoms with Crippen LogP contribution < -0.4 is 26.8 Å². The number of benzene rings is 1. The number of carbonyl (C=O) groups excluding carboxylic acids is 1. The maximum atomic E-state index is 12.8. The van der Waals surface area contributed by atoms with E-state index in [1.165, 1.54) is 22.5 Å². The second-order valence-corrected chi connectivity index (χ2v) is 8.95. The van der Waals surface area contributed by atoms with E-state index in [0.717, 1.165) is 31.6 Å². The average molecular weight is 489 g/mol. The predicted octanol–water partition coefficient (Wildman–Crippen LogP) is 3.48. The van der Waals surface area contributed by atoms with Crippen LogP contribution in [0.2, 0.25) is 0 Å². The van der Waals surface area contributed by atoms with Crippen molar-refractivity contribution in [2.45, 2.75) is 38.6 Å². The molecular weight excluding hydrogens is 456 g/mol. The lowest BCUT2D eigenvalue weighted by atomic mass is 9.90. The van der Waals surface area contributed by atoms with Gasteiger partial charge in [-0.25, -0.2) is 9.67 Å². The minimum absolute atomic E-state index is 0.121. The fraction of sp³-hybridized carbons (Fsp3) is 0.346. The molecule has 3 aromatic rings. The van der Waals surface area contributed by atoms with Crippen LogP contribution in [0.25, 0.3) is 0 Å². The fourth-order valence-electron chi connectivity index (χ4n) is 4.10. The van der Waals surface area contributed by atoms with E-state index in [-0.39, 0.29) is 28.9 Å². The number of rotatable bonds is 9. The van der Waals surface area contributed by atoms with Crippen LogP contribution in [0.3, 0.4) is 0 Å². The first-order chi connectivity index (χ1) is 17.4. The minimum atomic E-state index is -0.353. The molecule has 36 heavy (non-hydrogen) atoms. The number of anilines is 4. The quantitative estimate of drug-likeness (QED) is 0.337. The first kappa shape index (κ1) is 25.1. The molecule has 1 aliphatic heterocycles. The topological polar surface area (TPSA) is 126 Å². The largest absolute Gasteiger partial charge is 0.348 e. The van der Waals surface area contributed by atoms with Crippen molar-refractivity contribution in [2.75, 3.05) is 30.3 Å². The van der Waals surface area contributed by atoms with Gasteiger partial charge in [0.2, 0.25) is 5.95 Å². The molecule has 0 unspecified atom stereocenters. The summed E-state index contributed by atoms with van der Waals surface area (Å²) in [6.45, 7) is 9.73. The van der Waals surface area contributed by atoms with Crippen LogP contribution in [0.5, 0.6) is 0 Å². The van der Waals surface area contributed by atoms with Crippen LogP contribution in [-0.2, 0) is 0 Å². The highest BCUT2D eigenvalue weighted by Crippen LogP contribution is 2.28. The van der Waals surface area contributed by atoms with Crippen molar-refractivity contribution in [2.24, 2.45) is 0 Å². The van der Waals surface area contributed by atoms with Crippen LogP contribution in [0.15, 0.2) is 60.0 Å². The molecule has 1 saturated heterocycles. The smallest absolute Gasteiger partial charge is 0.267 e. The molecule has 0 bridgehead atoms. The van der Waals surface area contributed by atoms with E-state index in [1.54, 1.807) is 12.1 Å². The molecule has 2 aromatic heterocycles. The lowest BCUT2D eigenvalue weighted by molar-refractivity contribution is 0.0958. The van der Waals surface area contributed by atoms with Crippen molar-refractivity contribution in [3.63, 3.8) is 0 Å². The van der Waals surface area contributed by atoms with Gasteiger partial charge in [0.25, 0.3) is 11.5 Å². The van der Waals surface area contributed by atoms with Gasteiger partial charge in [-0.2, -0.15) is 10.1 Å². The standard InChI is InChI=1S/C26H32N8O2/c1-4-12-28-25(36)21-16-29-26(30-20-7-5-6-19(15-20)18-10-13-27-14-11-18)32-24(21)31-22-8-9-23(35)34(33-22)17(2)3/h4-9,15-18,27H,1,10-14H2,2-3H3,(H,28,36)(H2,29,30,31,32,33). The van der Waals surface area contributed by atoms with Gasteiger partial charge in [0.1, 0.15) is 11.4 Å². The average Bonchev–Trinajstić information content (AvgIpc) is 2.89. The molecule has 188 valence electrons. The molecule has 3 heterocycles. The number of nitrogens with one attached hydrogen (secondary N) is 4. The first-order valence-electron chi connectivity index (χ1n) is 12.2. The Kier molecular flexibility index (Phi) is 8.06. The molecule has 1 aromatic carbocycles. The molecule has 4 rings (SSSR count). The van der Waals surface area contributed by atoms with E-state index in [0.29, 0.717) is 24.2 Å². The monoisotopic (exact) mass is 488 g/mol. The Labute approximate surface area is 210 Å². The molecule has 4 N–H and O–H groups in total. The summed E-state index contributed by atoms with van der Waals surface area (Å²) in [5, 5.41) is 16.9. The van der Waals surface area contributed by atoms with Crippen LogP contribution in [0.4, 0.5) is 23.3 Å². The van der Waals surface area contributed by atoms with Crippen molar-refractivity contribution in [1.82, 2.24) is 30.4 Å². The number of piperidine rings is 1. The van der Waals surface area contributed by atoms with Gasteiger partial charge in [0.05, 0.1) is 6.04 Å². The van der Waals surface area contributed by atoms with Crippen LogP contribution >= 0.6 is 0 Å². The van der Waals surface area contributed by atoms with Gasteiger partial charge in [0.15, 0.2) is 5.82 Å². The molecule has 0 radical (unpaired) electrons.